The number of amides is 3. The smallest absolute Gasteiger partial charge is 0.251 e. The van der Waals surface area contributed by atoms with Crippen LogP contribution in [0, 0.1) is 5.92 Å². The average Bonchev–Trinajstić information content (AvgIpc) is 2.42. The van der Waals surface area contributed by atoms with Gasteiger partial charge in [0, 0.05) is 18.7 Å². The molecule has 0 bridgehead atoms. The van der Waals surface area contributed by atoms with E-state index in [1.807, 2.05) is 0 Å². The monoisotopic (exact) mass is 278 g/mol. The number of rotatable bonds is 7. The highest BCUT2D eigenvalue weighted by molar-refractivity contribution is 5.99. The van der Waals surface area contributed by atoms with E-state index in [2.05, 4.69) is 5.32 Å². The number of carbonyl (C=O) groups is 3. The Balaban J connectivity index is 2.50. The number of hydrogen-bond donors (Lipinski definition) is 4. The molecule has 0 atom stereocenters. The van der Waals surface area contributed by atoms with Crippen molar-refractivity contribution in [2.24, 2.45) is 23.1 Å². The Hall–Kier alpha value is -2.41. The van der Waals surface area contributed by atoms with Gasteiger partial charge < -0.3 is 22.5 Å². The summed E-state index contributed by atoms with van der Waals surface area (Å²) in [5.41, 5.74) is 16.9. The van der Waals surface area contributed by atoms with Crippen molar-refractivity contribution in [2.45, 2.75) is 13.0 Å². The van der Waals surface area contributed by atoms with Gasteiger partial charge in [-0.25, -0.2) is 0 Å². The van der Waals surface area contributed by atoms with E-state index in [1.165, 1.54) is 0 Å². The van der Waals surface area contributed by atoms with Gasteiger partial charge in [0.1, 0.15) is 5.92 Å². The molecule has 0 aliphatic carbocycles. The third-order valence-electron chi connectivity index (χ3n) is 2.86. The Morgan fingerprint density at radius 3 is 2.05 bits per heavy atom. The molecule has 0 aliphatic heterocycles. The number of carbonyl (C=O) groups excluding carboxylic acids is 3. The molecule has 0 heterocycles. The predicted molar refractivity (Wildman–Crippen MR) is 73.2 cm³/mol. The summed E-state index contributed by atoms with van der Waals surface area (Å²) in [6, 6.07) is 6.81. The highest BCUT2D eigenvalue weighted by Crippen LogP contribution is 2.04. The second-order valence-corrected chi connectivity index (χ2v) is 4.30. The second-order valence-electron chi connectivity index (χ2n) is 4.30. The van der Waals surface area contributed by atoms with Crippen molar-refractivity contribution in [3.05, 3.63) is 35.4 Å². The van der Waals surface area contributed by atoms with Gasteiger partial charge in [0.15, 0.2) is 0 Å². The summed E-state index contributed by atoms with van der Waals surface area (Å²) in [4.78, 5) is 33.7. The second kappa shape index (κ2) is 7.25. The zero-order valence-electron chi connectivity index (χ0n) is 11.0. The molecule has 0 saturated carbocycles. The first-order valence-electron chi connectivity index (χ1n) is 6.11. The molecule has 3 amide bonds. The summed E-state index contributed by atoms with van der Waals surface area (Å²) in [7, 11) is 0. The zero-order chi connectivity index (χ0) is 15.1. The standard InChI is InChI=1S/C13H18N4O3/c14-7-8-1-3-9(4-2-8)13(20)17-6-5-10(11(15)18)12(16)19/h1-4,10H,5-7,14H2,(H2,15,18)(H2,16,19)(H,17,20). The molecule has 0 aromatic heterocycles. The molecule has 20 heavy (non-hydrogen) atoms. The largest absolute Gasteiger partial charge is 0.369 e. The van der Waals surface area contributed by atoms with E-state index in [-0.39, 0.29) is 18.9 Å². The van der Waals surface area contributed by atoms with Crippen LogP contribution < -0.4 is 22.5 Å². The zero-order valence-corrected chi connectivity index (χ0v) is 11.0. The molecular weight excluding hydrogens is 260 g/mol. The van der Waals surface area contributed by atoms with Crippen LogP contribution >= 0.6 is 0 Å². The van der Waals surface area contributed by atoms with Crippen molar-refractivity contribution in [1.82, 2.24) is 5.32 Å². The third-order valence-corrected chi connectivity index (χ3v) is 2.86. The minimum Gasteiger partial charge on any atom is -0.369 e. The molecule has 0 fully saturated rings. The topological polar surface area (TPSA) is 141 Å². The highest BCUT2D eigenvalue weighted by atomic mass is 16.2. The molecule has 0 unspecified atom stereocenters. The van der Waals surface area contributed by atoms with Gasteiger partial charge in [-0.2, -0.15) is 0 Å². The molecule has 7 N–H and O–H groups in total. The van der Waals surface area contributed by atoms with Gasteiger partial charge in [-0.05, 0) is 24.1 Å². The first-order valence-corrected chi connectivity index (χ1v) is 6.11. The molecule has 7 heteroatoms. The molecule has 108 valence electrons. The maximum atomic E-state index is 11.8. The van der Waals surface area contributed by atoms with Gasteiger partial charge >= 0.3 is 0 Å². The Morgan fingerprint density at radius 2 is 1.60 bits per heavy atom. The summed E-state index contributed by atoms with van der Waals surface area (Å²) in [5.74, 6) is -2.96. The van der Waals surface area contributed by atoms with Gasteiger partial charge in [0.25, 0.3) is 5.91 Å². The molecule has 7 nitrogen and oxygen atoms in total. The molecule has 1 aromatic rings. The third kappa shape index (κ3) is 4.36. The van der Waals surface area contributed by atoms with E-state index in [9.17, 15) is 14.4 Å². The maximum absolute atomic E-state index is 11.8. The molecule has 1 rings (SSSR count). The number of nitrogens with two attached hydrogens (primary N) is 3. The predicted octanol–water partition coefficient (Wildman–Crippen LogP) is -1.15. The summed E-state index contributed by atoms with van der Waals surface area (Å²) in [6.07, 6.45) is 0.0806. The van der Waals surface area contributed by atoms with Crippen LogP contribution in [-0.4, -0.2) is 24.3 Å². The highest BCUT2D eigenvalue weighted by Gasteiger charge is 2.21. The lowest BCUT2D eigenvalue weighted by molar-refractivity contribution is -0.131. The normalized spacial score (nSPS) is 10.3. The van der Waals surface area contributed by atoms with E-state index in [4.69, 9.17) is 17.2 Å². The molecule has 0 radical (unpaired) electrons. The minimum atomic E-state index is -1.07. The summed E-state index contributed by atoms with van der Waals surface area (Å²) >= 11 is 0. The van der Waals surface area contributed by atoms with Crippen LogP contribution in [0.15, 0.2) is 24.3 Å². The lowest BCUT2D eigenvalue weighted by Crippen LogP contribution is -2.38. The van der Waals surface area contributed by atoms with Gasteiger partial charge in [0.2, 0.25) is 11.8 Å². The SMILES string of the molecule is NCc1ccc(C(=O)NCCC(C(N)=O)C(N)=O)cc1. The fourth-order valence-corrected chi connectivity index (χ4v) is 1.65. The van der Waals surface area contributed by atoms with Gasteiger partial charge in [-0.15, -0.1) is 0 Å². The van der Waals surface area contributed by atoms with Gasteiger partial charge in [0.05, 0.1) is 0 Å². The summed E-state index contributed by atoms with van der Waals surface area (Å²) in [5, 5.41) is 2.59. The van der Waals surface area contributed by atoms with Gasteiger partial charge in [-0.1, -0.05) is 12.1 Å². The quantitative estimate of drug-likeness (QED) is 0.467. The Kier molecular flexibility index (Phi) is 5.67. The molecule has 0 aliphatic rings. The van der Waals surface area contributed by atoms with Crippen LogP contribution in [0.1, 0.15) is 22.3 Å². The molecule has 0 spiro atoms. The van der Waals surface area contributed by atoms with E-state index in [1.54, 1.807) is 24.3 Å². The van der Waals surface area contributed by atoms with Gasteiger partial charge in [-0.3, -0.25) is 14.4 Å². The van der Waals surface area contributed by atoms with Crippen LogP contribution in [0.4, 0.5) is 0 Å². The lowest BCUT2D eigenvalue weighted by Gasteiger charge is -2.10. The van der Waals surface area contributed by atoms with Crippen LogP contribution in [0.5, 0.6) is 0 Å². The van der Waals surface area contributed by atoms with Crippen LogP contribution in [0.25, 0.3) is 0 Å². The molecule has 0 saturated heterocycles. The van der Waals surface area contributed by atoms with Crippen LogP contribution in [0.3, 0.4) is 0 Å². The van der Waals surface area contributed by atoms with E-state index in [0.29, 0.717) is 12.1 Å². The van der Waals surface area contributed by atoms with Crippen molar-refractivity contribution in [3.8, 4) is 0 Å². The molecular formula is C13H18N4O3. The number of primary amides is 2. The number of benzene rings is 1. The summed E-state index contributed by atoms with van der Waals surface area (Å²) < 4.78 is 0. The van der Waals surface area contributed by atoms with Crippen molar-refractivity contribution in [1.29, 1.82) is 0 Å². The average molecular weight is 278 g/mol. The van der Waals surface area contributed by atoms with E-state index >= 15 is 0 Å². The Labute approximate surface area is 116 Å². The van der Waals surface area contributed by atoms with E-state index < -0.39 is 17.7 Å². The first-order chi connectivity index (χ1) is 9.45. The van der Waals surface area contributed by atoms with Crippen molar-refractivity contribution < 1.29 is 14.4 Å². The molecule has 1 aromatic carbocycles. The van der Waals surface area contributed by atoms with Crippen LogP contribution in [-0.2, 0) is 16.1 Å². The maximum Gasteiger partial charge on any atom is 0.251 e. The number of nitrogens with one attached hydrogen (secondary N) is 1. The number of hydrogen-bond acceptors (Lipinski definition) is 4. The van der Waals surface area contributed by atoms with Crippen molar-refractivity contribution >= 4 is 17.7 Å². The summed E-state index contributed by atoms with van der Waals surface area (Å²) in [6.45, 7) is 0.537. The fraction of sp³-hybridized carbons (Fsp3) is 0.308. The van der Waals surface area contributed by atoms with Crippen molar-refractivity contribution in [2.75, 3.05) is 6.54 Å². The van der Waals surface area contributed by atoms with Crippen LogP contribution in [0.2, 0.25) is 0 Å². The van der Waals surface area contributed by atoms with E-state index in [0.717, 1.165) is 5.56 Å². The lowest BCUT2D eigenvalue weighted by atomic mass is 10.0. The fourth-order valence-electron chi connectivity index (χ4n) is 1.65. The minimum absolute atomic E-state index is 0.0806. The van der Waals surface area contributed by atoms with Crippen molar-refractivity contribution in [3.63, 3.8) is 0 Å². The Morgan fingerprint density at radius 1 is 1.05 bits per heavy atom. The Bertz CT molecular complexity index is 485. The first kappa shape index (κ1) is 15.6.